The van der Waals surface area contributed by atoms with Crippen LogP contribution in [0.1, 0.15) is 38.1 Å². The number of nitrogens with one attached hydrogen (secondary N) is 1. The third-order valence-corrected chi connectivity index (χ3v) is 4.18. The number of halogens is 2. The van der Waals surface area contributed by atoms with Crippen LogP contribution in [0.3, 0.4) is 0 Å². The Morgan fingerprint density at radius 2 is 2.00 bits per heavy atom. The van der Waals surface area contributed by atoms with Gasteiger partial charge >= 0.3 is 0 Å². The van der Waals surface area contributed by atoms with Gasteiger partial charge < -0.3 is 5.32 Å². The lowest BCUT2D eigenvalue weighted by atomic mass is 9.88. The monoisotopic (exact) mass is 409 g/mol. The first-order valence-corrected chi connectivity index (χ1v) is 7.35. The Kier molecular flexibility index (Phi) is 5.01. The van der Waals surface area contributed by atoms with Crippen molar-refractivity contribution in [3.8, 4) is 0 Å². The molecule has 0 aliphatic rings. The number of rotatable bonds is 2. The number of hydrogen-bond acceptors (Lipinski definition) is 1. The lowest BCUT2D eigenvalue weighted by Gasteiger charge is -2.28. The molecule has 1 atom stereocenters. The molecule has 0 saturated heterocycles. The summed E-state index contributed by atoms with van der Waals surface area (Å²) in [5.74, 6) is -0.0298. The Bertz CT molecular complexity index is 426. The highest BCUT2D eigenvalue weighted by atomic mass is 127. The molecule has 0 aromatic heterocycles. The minimum Gasteiger partial charge on any atom is -0.349 e. The smallest absolute Gasteiger partial charge is 0.252 e. The summed E-state index contributed by atoms with van der Waals surface area (Å²) in [6.45, 7) is 8.37. The maximum Gasteiger partial charge on any atom is 0.252 e. The van der Waals surface area contributed by atoms with Gasteiger partial charge in [0.05, 0.1) is 5.56 Å². The lowest BCUT2D eigenvalue weighted by molar-refractivity contribution is 0.0909. The molecule has 0 radical (unpaired) electrons. The maximum absolute atomic E-state index is 12.1. The lowest BCUT2D eigenvalue weighted by Crippen LogP contribution is -2.41. The molecule has 0 aliphatic heterocycles. The Morgan fingerprint density at radius 3 is 2.53 bits per heavy atom. The van der Waals surface area contributed by atoms with Gasteiger partial charge in [-0.3, -0.25) is 4.79 Å². The van der Waals surface area contributed by atoms with E-state index in [1.165, 1.54) is 0 Å². The summed E-state index contributed by atoms with van der Waals surface area (Å²) < 4.78 is 1.89. The van der Waals surface area contributed by atoms with Gasteiger partial charge in [0.2, 0.25) is 0 Å². The molecule has 1 rings (SSSR count). The summed E-state index contributed by atoms with van der Waals surface area (Å²) in [5, 5.41) is 3.03. The molecule has 1 amide bonds. The predicted molar refractivity (Wildman–Crippen MR) is 83.2 cm³/mol. The Labute approximate surface area is 125 Å². The van der Waals surface area contributed by atoms with Crippen LogP contribution in [0.4, 0.5) is 0 Å². The molecule has 17 heavy (non-hydrogen) atoms. The molecule has 0 heterocycles. The molecule has 1 unspecified atom stereocenters. The molecule has 1 aromatic carbocycles. The second-order valence-electron chi connectivity index (χ2n) is 5.19. The van der Waals surface area contributed by atoms with Crippen LogP contribution in [-0.2, 0) is 0 Å². The first kappa shape index (κ1) is 15.0. The molecule has 2 nitrogen and oxygen atoms in total. The molecular weight excluding hydrogens is 393 g/mol. The third-order valence-electron chi connectivity index (χ3n) is 2.82. The van der Waals surface area contributed by atoms with Gasteiger partial charge in [0.1, 0.15) is 0 Å². The summed E-state index contributed by atoms with van der Waals surface area (Å²) in [6.07, 6.45) is 0. The van der Waals surface area contributed by atoms with Crippen LogP contribution in [-0.4, -0.2) is 11.9 Å². The number of hydrogen-bond donors (Lipinski definition) is 1. The summed E-state index contributed by atoms with van der Waals surface area (Å²) in [6, 6.07) is 5.88. The molecule has 4 heteroatoms. The van der Waals surface area contributed by atoms with Crippen molar-refractivity contribution in [3.63, 3.8) is 0 Å². The van der Waals surface area contributed by atoms with E-state index < -0.39 is 0 Å². The van der Waals surface area contributed by atoms with Gasteiger partial charge in [-0.25, -0.2) is 0 Å². The SMILES string of the molecule is CC(NC(=O)c1cc(I)ccc1Br)C(C)(C)C. The van der Waals surface area contributed by atoms with Crippen molar-refractivity contribution in [2.24, 2.45) is 5.41 Å². The van der Waals surface area contributed by atoms with Crippen molar-refractivity contribution < 1.29 is 4.79 Å². The van der Waals surface area contributed by atoms with Crippen molar-refractivity contribution in [2.75, 3.05) is 0 Å². The molecule has 0 saturated carbocycles. The van der Waals surface area contributed by atoms with Crippen LogP contribution in [0, 0.1) is 8.99 Å². The highest BCUT2D eigenvalue weighted by Gasteiger charge is 2.22. The number of carbonyl (C=O) groups excluding carboxylic acids is 1. The molecule has 1 N–H and O–H groups in total. The van der Waals surface area contributed by atoms with Crippen molar-refractivity contribution in [1.29, 1.82) is 0 Å². The minimum atomic E-state index is -0.0298. The average molecular weight is 410 g/mol. The van der Waals surface area contributed by atoms with Crippen LogP contribution in [0.15, 0.2) is 22.7 Å². The summed E-state index contributed by atoms with van der Waals surface area (Å²) in [7, 11) is 0. The number of benzene rings is 1. The quantitative estimate of drug-likeness (QED) is 0.728. The number of carbonyl (C=O) groups is 1. The molecular formula is C13H17BrINO. The van der Waals surface area contributed by atoms with Crippen LogP contribution >= 0.6 is 38.5 Å². The normalized spacial score (nSPS) is 13.3. The first-order valence-electron chi connectivity index (χ1n) is 5.47. The van der Waals surface area contributed by atoms with E-state index in [1.807, 2.05) is 25.1 Å². The second kappa shape index (κ2) is 5.69. The van der Waals surface area contributed by atoms with E-state index in [2.05, 4.69) is 64.6 Å². The van der Waals surface area contributed by atoms with Crippen molar-refractivity contribution in [2.45, 2.75) is 33.7 Å². The van der Waals surface area contributed by atoms with Gasteiger partial charge in [-0.15, -0.1) is 0 Å². The minimum absolute atomic E-state index is 0.0298. The van der Waals surface area contributed by atoms with E-state index in [0.717, 1.165) is 8.04 Å². The van der Waals surface area contributed by atoms with E-state index in [-0.39, 0.29) is 17.4 Å². The topological polar surface area (TPSA) is 29.1 Å². The van der Waals surface area contributed by atoms with Crippen LogP contribution < -0.4 is 5.32 Å². The fourth-order valence-electron chi connectivity index (χ4n) is 1.16. The zero-order valence-corrected chi connectivity index (χ0v) is 14.2. The van der Waals surface area contributed by atoms with Gasteiger partial charge in [0, 0.05) is 14.1 Å². The molecule has 1 aromatic rings. The molecule has 0 bridgehead atoms. The first-order chi connectivity index (χ1) is 7.71. The van der Waals surface area contributed by atoms with Gasteiger partial charge in [-0.1, -0.05) is 20.8 Å². The van der Waals surface area contributed by atoms with E-state index in [4.69, 9.17) is 0 Å². The predicted octanol–water partition coefficient (Wildman–Crippen LogP) is 4.22. The average Bonchev–Trinajstić information content (AvgIpc) is 2.20. The Balaban J connectivity index is 2.87. The van der Waals surface area contributed by atoms with Gasteiger partial charge in [0.25, 0.3) is 5.91 Å². The van der Waals surface area contributed by atoms with E-state index >= 15 is 0 Å². The van der Waals surface area contributed by atoms with Crippen LogP contribution in [0.25, 0.3) is 0 Å². The summed E-state index contributed by atoms with van der Waals surface area (Å²) in [5.41, 5.74) is 0.748. The zero-order chi connectivity index (χ0) is 13.2. The van der Waals surface area contributed by atoms with E-state index in [0.29, 0.717) is 5.56 Å². The van der Waals surface area contributed by atoms with Gasteiger partial charge in [-0.2, -0.15) is 0 Å². The maximum atomic E-state index is 12.1. The van der Waals surface area contributed by atoms with Gasteiger partial charge in [-0.05, 0) is 69.1 Å². The molecule has 0 aliphatic carbocycles. The van der Waals surface area contributed by atoms with Crippen molar-refractivity contribution >= 4 is 44.4 Å². The van der Waals surface area contributed by atoms with Crippen molar-refractivity contribution in [1.82, 2.24) is 5.32 Å². The Morgan fingerprint density at radius 1 is 1.41 bits per heavy atom. The highest BCUT2D eigenvalue weighted by molar-refractivity contribution is 14.1. The summed E-state index contributed by atoms with van der Waals surface area (Å²) >= 11 is 5.61. The fraction of sp³-hybridized carbons (Fsp3) is 0.462. The largest absolute Gasteiger partial charge is 0.349 e. The Hall–Kier alpha value is -0.100. The van der Waals surface area contributed by atoms with Gasteiger partial charge in [0.15, 0.2) is 0 Å². The third kappa shape index (κ3) is 4.25. The molecule has 94 valence electrons. The van der Waals surface area contributed by atoms with Crippen LogP contribution in [0.5, 0.6) is 0 Å². The molecule has 0 spiro atoms. The molecule has 0 fully saturated rings. The fourth-order valence-corrected chi connectivity index (χ4v) is 2.08. The van der Waals surface area contributed by atoms with E-state index in [9.17, 15) is 4.79 Å². The number of amides is 1. The van der Waals surface area contributed by atoms with E-state index in [1.54, 1.807) is 0 Å². The summed E-state index contributed by atoms with van der Waals surface area (Å²) in [4.78, 5) is 12.1. The van der Waals surface area contributed by atoms with Crippen LogP contribution in [0.2, 0.25) is 0 Å². The van der Waals surface area contributed by atoms with Crippen molar-refractivity contribution in [3.05, 3.63) is 31.8 Å². The second-order valence-corrected chi connectivity index (χ2v) is 7.29. The standard InChI is InChI=1S/C13H17BrINO/c1-8(13(2,3)4)16-12(17)10-7-9(15)5-6-11(10)14/h5-8H,1-4H3,(H,16,17). The zero-order valence-electron chi connectivity index (χ0n) is 10.5. The highest BCUT2D eigenvalue weighted by Crippen LogP contribution is 2.22.